The number of benzene rings is 1. The number of methoxy groups -OCH3 is 1. The summed E-state index contributed by atoms with van der Waals surface area (Å²) in [6.07, 6.45) is 5.63. The smallest absolute Gasteiger partial charge is 0.119 e. The Morgan fingerprint density at radius 2 is 2.12 bits per heavy atom. The molecule has 17 heavy (non-hydrogen) atoms. The topological polar surface area (TPSA) is 21.3 Å². The number of nitrogens with one attached hydrogen (secondary N) is 1. The van der Waals surface area contributed by atoms with Gasteiger partial charge in [-0.15, -0.1) is 0 Å². The normalized spacial score (nSPS) is 18.2. The first-order valence-corrected chi connectivity index (χ1v) is 6.67. The van der Waals surface area contributed by atoms with Gasteiger partial charge >= 0.3 is 0 Å². The van der Waals surface area contributed by atoms with E-state index in [1.165, 1.54) is 31.2 Å². The van der Waals surface area contributed by atoms with Crippen molar-refractivity contribution in [3.8, 4) is 5.75 Å². The predicted molar refractivity (Wildman–Crippen MR) is 71.4 cm³/mol. The van der Waals surface area contributed by atoms with Crippen molar-refractivity contribution < 1.29 is 4.74 Å². The summed E-state index contributed by atoms with van der Waals surface area (Å²) in [4.78, 5) is 0. The van der Waals surface area contributed by atoms with Gasteiger partial charge in [0.1, 0.15) is 5.75 Å². The maximum absolute atomic E-state index is 5.26. The molecule has 0 radical (unpaired) electrons. The maximum Gasteiger partial charge on any atom is 0.119 e. The molecule has 0 saturated heterocycles. The molecule has 0 spiro atoms. The van der Waals surface area contributed by atoms with E-state index in [4.69, 9.17) is 4.74 Å². The fraction of sp³-hybridized carbons (Fsp3) is 0.600. The third kappa shape index (κ3) is 3.47. The minimum Gasteiger partial charge on any atom is -0.497 e. The molecule has 0 heterocycles. The summed E-state index contributed by atoms with van der Waals surface area (Å²) in [7, 11) is 1.72. The average Bonchev–Trinajstić information content (AvgIpc) is 2.89. The molecule has 0 aliphatic heterocycles. The Bertz CT molecular complexity index is 345. The van der Waals surface area contributed by atoms with Gasteiger partial charge in [0.15, 0.2) is 0 Å². The van der Waals surface area contributed by atoms with Gasteiger partial charge in [0.05, 0.1) is 7.11 Å². The van der Waals surface area contributed by atoms with Gasteiger partial charge in [-0.1, -0.05) is 25.0 Å². The molecule has 0 aromatic heterocycles. The van der Waals surface area contributed by atoms with Crippen LogP contribution in [0, 0.1) is 5.92 Å². The van der Waals surface area contributed by atoms with Gasteiger partial charge in [0.2, 0.25) is 0 Å². The summed E-state index contributed by atoms with van der Waals surface area (Å²) in [6.45, 7) is 3.38. The first-order valence-electron chi connectivity index (χ1n) is 6.67. The molecule has 2 rings (SSSR count). The summed E-state index contributed by atoms with van der Waals surface area (Å²) >= 11 is 0. The van der Waals surface area contributed by atoms with Crippen LogP contribution >= 0.6 is 0 Å². The zero-order valence-corrected chi connectivity index (χ0v) is 10.9. The fourth-order valence-corrected chi connectivity index (χ4v) is 2.59. The molecule has 2 nitrogen and oxygen atoms in total. The molecule has 1 atom stereocenters. The van der Waals surface area contributed by atoms with Crippen LogP contribution in [0.3, 0.4) is 0 Å². The van der Waals surface area contributed by atoms with E-state index in [0.29, 0.717) is 6.04 Å². The molecule has 1 N–H and O–H groups in total. The second-order valence-corrected chi connectivity index (χ2v) is 5.06. The van der Waals surface area contributed by atoms with Crippen LogP contribution in [0.15, 0.2) is 24.3 Å². The molecule has 0 unspecified atom stereocenters. The standard InChI is InChI=1S/C15H23NO/c1-12(16-11-13-6-3-4-7-13)14-8-5-9-15(10-14)17-2/h5,8-10,12-13,16H,3-4,6-7,11H2,1-2H3/t12-/m1/s1. The molecule has 1 aliphatic rings. The summed E-state index contributed by atoms with van der Waals surface area (Å²) in [5.41, 5.74) is 1.31. The molecular weight excluding hydrogens is 210 g/mol. The third-order valence-electron chi connectivity index (χ3n) is 3.78. The monoisotopic (exact) mass is 233 g/mol. The van der Waals surface area contributed by atoms with Gasteiger partial charge in [-0.25, -0.2) is 0 Å². The Morgan fingerprint density at radius 3 is 2.82 bits per heavy atom. The molecule has 0 amide bonds. The van der Waals surface area contributed by atoms with Crippen LogP contribution in [0.2, 0.25) is 0 Å². The molecule has 1 aromatic carbocycles. The number of hydrogen-bond acceptors (Lipinski definition) is 2. The minimum absolute atomic E-state index is 0.408. The molecule has 1 fully saturated rings. The number of rotatable bonds is 5. The molecule has 2 heteroatoms. The lowest BCUT2D eigenvalue weighted by atomic mass is 10.1. The highest BCUT2D eigenvalue weighted by atomic mass is 16.5. The molecule has 94 valence electrons. The summed E-state index contributed by atoms with van der Waals surface area (Å²) in [5, 5.41) is 3.64. The van der Waals surface area contributed by atoms with E-state index in [0.717, 1.165) is 18.2 Å². The third-order valence-corrected chi connectivity index (χ3v) is 3.78. The van der Waals surface area contributed by atoms with Gasteiger partial charge < -0.3 is 10.1 Å². The van der Waals surface area contributed by atoms with Crippen molar-refractivity contribution in [3.05, 3.63) is 29.8 Å². The van der Waals surface area contributed by atoms with Crippen molar-refractivity contribution in [2.45, 2.75) is 38.6 Å². The van der Waals surface area contributed by atoms with Crippen molar-refractivity contribution in [2.75, 3.05) is 13.7 Å². The highest BCUT2D eigenvalue weighted by Crippen LogP contribution is 2.25. The summed E-state index contributed by atoms with van der Waals surface area (Å²) in [6, 6.07) is 8.74. The quantitative estimate of drug-likeness (QED) is 0.840. The van der Waals surface area contributed by atoms with Crippen molar-refractivity contribution in [1.29, 1.82) is 0 Å². The fourth-order valence-electron chi connectivity index (χ4n) is 2.59. The lowest BCUT2D eigenvalue weighted by molar-refractivity contribution is 0.412. The van der Waals surface area contributed by atoms with Crippen LogP contribution in [-0.2, 0) is 0 Å². The Kier molecular flexibility index (Phi) is 4.43. The van der Waals surface area contributed by atoms with Gasteiger partial charge in [0.25, 0.3) is 0 Å². The summed E-state index contributed by atoms with van der Waals surface area (Å²) < 4.78 is 5.26. The number of ether oxygens (including phenoxy) is 1. The Balaban J connectivity index is 1.87. The van der Waals surface area contributed by atoms with Crippen molar-refractivity contribution >= 4 is 0 Å². The minimum atomic E-state index is 0.408. The number of hydrogen-bond donors (Lipinski definition) is 1. The second kappa shape index (κ2) is 6.06. The van der Waals surface area contributed by atoms with Crippen molar-refractivity contribution in [1.82, 2.24) is 5.32 Å². The van der Waals surface area contributed by atoms with Crippen molar-refractivity contribution in [3.63, 3.8) is 0 Å². The van der Waals surface area contributed by atoms with E-state index >= 15 is 0 Å². The average molecular weight is 233 g/mol. The molecule has 1 aliphatic carbocycles. The van der Waals surface area contributed by atoms with Crippen molar-refractivity contribution in [2.24, 2.45) is 5.92 Å². The molecule has 1 aromatic rings. The van der Waals surface area contributed by atoms with E-state index < -0.39 is 0 Å². The zero-order chi connectivity index (χ0) is 12.1. The van der Waals surface area contributed by atoms with Gasteiger partial charge in [0, 0.05) is 6.04 Å². The maximum atomic E-state index is 5.26. The highest BCUT2D eigenvalue weighted by Gasteiger charge is 2.15. The van der Waals surface area contributed by atoms with Crippen LogP contribution in [0.4, 0.5) is 0 Å². The highest BCUT2D eigenvalue weighted by molar-refractivity contribution is 5.30. The second-order valence-electron chi connectivity index (χ2n) is 5.06. The molecule has 0 bridgehead atoms. The molecule has 1 saturated carbocycles. The SMILES string of the molecule is COc1cccc([C@@H](C)NCC2CCCC2)c1. The summed E-state index contributed by atoms with van der Waals surface area (Å²) in [5.74, 6) is 1.83. The first kappa shape index (κ1) is 12.4. The first-order chi connectivity index (χ1) is 8.29. The lowest BCUT2D eigenvalue weighted by Crippen LogP contribution is -2.24. The Morgan fingerprint density at radius 1 is 1.35 bits per heavy atom. The predicted octanol–water partition coefficient (Wildman–Crippen LogP) is 3.54. The van der Waals surface area contributed by atoms with E-state index in [2.05, 4.69) is 30.4 Å². The van der Waals surface area contributed by atoms with Crippen LogP contribution in [0.25, 0.3) is 0 Å². The Hall–Kier alpha value is -1.02. The van der Waals surface area contributed by atoms with Gasteiger partial charge in [-0.05, 0) is 49.9 Å². The van der Waals surface area contributed by atoms with Gasteiger partial charge in [-0.2, -0.15) is 0 Å². The zero-order valence-electron chi connectivity index (χ0n) is 10.9. The van der Waals surface area contributed by atoms with E-state index in [-0.39, 0.29) is 0 Å². The van der Waals surface area contributed by atoms with E-state index in [9.17, 15) is 0 Å². The molecular formula is C15H23NO. The van der Waals surface area contributed by atoms with Crippen LogP contribution in [0.1, 0.15) is 44.2 Å². The lowest BCUT2D eigenvalue weighted by Gasteiger charge is -2.18. The van der Waals surface area contributed by atoms with E-state index in [1.54, 1.807) is 7.11 Å². The van der Waals surface area contributed by atoms with Crippen LogP contribution in [0.5, 0.6) is 5.75 Å². The van der Waals surface area contributed by atoms with E-state index in [1.807, 2.05) is 6.07 Å². The Labute approximate surface area is 104 Å². The van der Waals surface area contributed by atoms with Crippen LogP contribution < -0.4 is 10.1 Å². The largest absolute Gasteiger partial charge is 0.497 e. The van der Waals surface area contributed by atoms with Crippen LogP contribution in [-0.4, -0.2) is 13.7 Å². The van der Waals surface area contributed by atoms with Gasteiger partial charge in [-0.3, -0.25) is 0 Å².